The Labute approximate surface area is 116 Å². The summed E-state index contributed by atoms with van der Waals surface area (Å²) in [6.45, 7) is 3.01. The van der Waals surface area contributed by atoms with Crippen molar-refractivity contribution in [3.05, 3.63) is 53.3 Å². The third kappa shape index (κ3) is 2.74. The second-order valence-corrected chi connectivity index (χ2v) is 5.43. The summed E-state index contributed by atoms with van der Waals surface area (Å²) < 4.78 is 1.24. The first-order chi connectivity index (χ1) is 9.35. The van der Waals surface area contributed by atoms with E-state index < -0.39 is 0 Å². The van der Waals surface area contributed by atoms with Crippen molar-refractivity contribution in [1.29, 1.82) is 0 Å². The maximum atomic E-state index is 4.64. The van der Waals surface area contributed by atoms with E-state index in [1.165, 1.54) is 4.70 Å². The number of thiazole rings is 1. The molecule has 3 rings (SSSR count). The average molecular weight is 269 g/mol. The Morgan fingerprint density at radius 3 is 2.95 bits per heavy atom. The van der Waals surface area contributed by atoms with Crippen LogP contribution in [0.25, 0.3) is 10.2 Å². The molecule has 0 aliphatic rings. The first-order valence-corrected chi connectivity index (χ1v) is 7.20. The minimum Gasteiger partial charge on any atom is -0.385 e. The smallest absolute Gasteiger partial charge is 0.0998 e. The SMILES string of the molecule is CCNc1ccnc(Cc2nc3ccccc3s2)c1. The fourth-order valence-electron chi connectivity index (χ4n) is 2.04. The van der Waals surface area contributed by atoms with Crippen LogP contribution in [0.4, 0.5) is 5.69 Å². The first-order valence-electron chi connectivity index (χ1n) is 6.38. The molecule has 19 heavy (non-hydrogen) atoms. The van der Waals surface area contributed by atoms with Gasteiger partial charge in [-0.05, 0) is 31.2 Å². The molecule has 2 aromatic heterocycles. The van der Waals surface area contributed by atoms with Crippen LogP contribution in [-0.4, -0.2) is 16.5 Å². The van der Waals surface area contributed by atoms with Gasteiger partial charge in [-0.2, -0.15) is 0 Å². The van der Waals surface area contributed by atoms with E-state index in [1.807, 2.05) is 24.4 Å². The normalized spacial score (nSPS) is 10.8. The fourth-order valence-corrected chi connectivity index (χ4v) is 3.02. The van der Waals surface area contributed by atoms with Crippen LogP contribution >= 0.6 is 11.3 Å². The average Bonchev–Trinajstić information content (AvgIpc) is 2.81. The molecule has 3 nitrogen and oxygen atoms in total. The molecule has 0 bridgehead atoms. The summed E-state index contributed by atoms with van der Waals surface area (Å²) in [6.07, 6.45) is 2.64. The van der Waals surface area contributed by atoms with Gasteiger partial charge in [-0.1, -0.05) is 12.1 Å². The van der Waals surface area contributed by atoms with E-state index in [-0.39, 0.29) is 0 Å². The third-order valence-electron chi connectivity index (χ3n) is 2.87. The molecule has 96 valence electrons. The Hall–Kier alpha value is -1.94. The van der Waals surface area contributed by atoms with Gasteiger partial charge in [0.2, 0.25) is 0 Å². The molecule has 0 saturated heterocycles. The van der Waals surface area contributed by atoms with Gasteiger partial charge < -0.3 is 5.32 Å². The van der Waals surface area contributed by atoms with Crippen LogP contribution in [0.2, 0.25) is 0 Å². The van der Waals surface area contributed by atoms with Crippen molar-refractivity contribution in [2.45, 2.75) is 13.3 Å². The van der Waals surface area contributed by atoms with Gasteiger partial charge in [0.15, 0.2) is 0 Å². The molecule has 0 unspecified atom stereocenters. The molecule has 1 N–H and O–H groups in total. The van der Waals surface area contributed by atoms with Crippen LogP contribution < -0.4 is 5.32 Å². The van der Waals surface area contributed by atoms with Crippen molar-refractivity contribution in [3.8, 4) is 0 Å². The summed E-state index contributed by atoms with van der Waals surface area (Å²) >= 11 is 1.74. The molecule has 4 heteroatoms. The van der Waals surface area contributed by atoms with E-state index in [0.717, 1.165) is 34.9 Å². The number of para-hydroxylation sites is 1. The van der Waals surface area contributed by atoms with Gasteiger partial charge >= 0.3 is 0 Å². The zero-order valence-electron chi connectivity index (χ0n) is 10.8. The minimum absolute atomic E-state index is 0.790. The fraction of sp³-hybridized carbons (Fsp3) is 0.200. The number of aromatic nitrogens is 2. The largest absolute Gasteiger partial charge is 0.385 e. The first kappa shape index (κ1) is 12.1. The second kappa shape index (κ2) is 5.36. The molecule has 0 atom stereocenters. The zero-order valence-corrected chi connectivity index (χ0v) is 11.6. The molecule has 1 aromatic carbocycles. The molecular weight excluding hydrogens is 254 g/mol. The molecule has 0 spiro atoms. The van der Waals surface area contributed by atoms with Crippen molar-refractivity contribution < 1.29 is 0 Å². The van der Waals surface area contributed by atoms with Crippen molar-refractivity contribution in [2.75, 3.05) is 11.9 Å². The number of rotatable bonds is 4. The number of nitrogens with zero attached hydrogens (tertiary/aromatic N) is 2. The van der Waals surface area contributed by atoms with E-state index in [0.29, 0.717) is 0 Å². The standard InChI is InChI=1S/C15H15N3S/c1-2-16-11-7-8-17-12(9-11)10-15-18-13-5-3-4-6-14(13)19-15/h3-9H,2,10H2,1H3,(H,16,17). The molecule has 0 aliphatic carbocycles. The topological polar surface area (TPSA) is 37.8 Å². The number of anilines is 1. The van der Waals surface area contributed by atoms with E-state index >= 15 is 0 Å². The highest BCUT2D eigenvalue weighted by Crippen LogP contribution is 2.23. The van der Waals surface area contributed by atoms with Gasteiger partial charge in [-0.3, -0.25) is 4.98 Å². The Kier molecular flexibility index (Phi) is 3.42. The summed E-state index contributed by atoms with van der Waals surface area (Å²) in [7, 11) is 0. The summed E-state index contributed by atoms with van der Waals surface area (Å²) in [5, 5.41) is 4.42. The lowest BCUT2D eigenvalue weighted by Crippen LogP contribution is -1.98. The molecule has 0 fully saturated rings. The Bertz CT molecular complexity index is 657. The van der Waals surface area contributed by atoms with Gasteiger partial charge in [-0.25, -0.2) is 4.98 Å². The summed E-state index contributed by atoms with van der Waals surface area (Å²) in [5.74, 6) is 0. The van der Waals surface area contributed by atoms with Crippen LogP contribution in [0, 0.1) is 0 Å². The van der Waals surface area contributed by atoms with Crippen molar-refractivity contribution in [2.24, 2.45) is 0 Å². The van der Waals surface area contributed by atoms with Gasteiger partial charge in [0.05, 0.1) is 15.2 Å². The van der Waals surface area contributed by atoms with Crippen LogP contribution in [0.15, 0.2) is 42.6 Å². The molecule has 3 aromatic rings. The number of fused-ring (bicyclic) bond motifs is 1. The maximum absolute atomic E-state index is 4.64. The molecule has 0 saturated carbocycles. The van der Waals surface area contributed by atoms with Crippen LogP contribution in [-0.2, 0) is 6.42 Å². The summed E-state index contributed by atoms with van der Waals surface area (Å²) in [6, 6.07) is 12.3. The van der Waals surface area contributed by atoms with E-state index in [9.17, 15) is 0 Å². The minimum atomic E-state index is 0.790. The maximum Gasteiger partial charge on any atom is 0.0998 e. The molecule has 0 radical (unpaired) electrons. The number of hydrogen-bond acceptors (Lipinski definition) is 4. The molecule has 0 amide bonds. The van der Waals surface area contributed by atoms with E-state index in [4.69, 9.17) is 0 Å². The third-order valence-corrected chi connectivity index (χ3v) is 3.90. The number of nitrogens with one attached hydrogen (secondary N) is 1. The van der Waals surface area contributed by atoms with Gasteiger partial charge in [0, 0.05) is 30.5 Å². The predicted molar refractivity (Wildman–Crippen MR) is 80.8 cm³/mol. The Morgan fingerprint density at radius 2 is 2.11 bits per heavy atom. The number of hydrogen-bond donors (Lipinski definition) is 1. The molecule has 0 aliphatic heterocycles. The predicted octanol–water partition coefficient (Wildman–Crippen LogP) is 3.71. The van der Waals surface area contributed by atoms with Crippen molar-refractivity contribution in [3.63, 3.8) is 0 Å². The highest BCUT2D eigenvalue weighted by atomic mass is 32.1. The highest BCUT2D eigenvalue weighted by molar-refractivity contribution is 7.18. The van der Waals surface area contributed by atoms with E-state index in [1.54, 1.807) is 11.3 Å². The van der Waals surface area contributed by atoms with Gasteiger partial charge in [-0.15, -0.1) is 11.3 Å². The lowest BCUT2D eigenvalue weighted by molar-refractivity contribution is 1.05. The number of benzene rings is 1. The monoisotopic (exact) mass is 269 g/mol. The van der Waals surface area contributed by atoms with E-state index in [2.05, 4.69) is 40.4 Å². The lowest BCUT2D eigenvalue weighted by atomic mass is 10.2. The summed E-state index contributed by atoms with van der Waals surface area (Å²) in [5.41, 5.74) is 3.25. The highest BCUT2D eigenvalue weighted by Gasteiger charge is 2.05. The zero-order chi connectivity index (χ0) is 13.1. The Balaban J connectivity index is 1.85. The summed E-state index contributed by atoms with van der Waals surface area (Å²) in [4.78, 5) is 9.06. The second-order valence-electron chi connectivity index (χ2n) is 4.32. The van der Waals surface area contributed by atoms with Gasteiger partial charge in [0.25, 0.3) is 0 Å². The lowest BCUT2D eigenvalue weighted by Gasteiger charge is -2.04. The van der Waals surface area contributed by atoms with Crippen LogP contribution in [0.3, 0.4) is 0 Å². The van der Waals surface area contributed by atoms with Crippen LogP contribution in [0.5, 0.6) is 0 Å². The Morgan fingerprint density at radius 1 is 1.21 bits per heavy atom. The van der Waals surface area contributed by atoms with Crippen LogP contribution in [0.1, 0.15) is 17.6 Å². The van der Waals surface area contributed by atoms with Gasteiger partial charge in [0.1, 0.15) is 0 Å². The molecular formula is C15H15N3S. The molecule has 2 heterocycles. The number of pyridine rings is 1. The van der Waals surface area contributed by atoms with Crippen molar-refractivity contribution in [1.82, 2.24) is 9.97 Å². The quantitative estimate of drug-likeness (QED) is 0.784. The van der Waals surface area contributed by atoms with Crippen molar-refractivity contribution >= 4 is 27.2 Å².